The maximum absolute atomic E-state index is 13.0. The Morgan fingerprint density at radius 3 is 3.04 bits per heavy atom. The number of aryl methyl sites for hydroxylation is 2. The van der Waals surface area contributed by atoms with Gasteiger partial charge >= 0.3 is 6.03 Å². The zero-order valence-corrected chi connectivity index (χ0v) is 15.6. The first-order valence-corrected chi connectivity index (χ1v) is 9.60. The molecule has 1 N–H and O–H groups in total. The zero-order valence-electron chi connectivity index (χ0n) is 15.6. The van der Waals surface area contributed by atoms with E-state index in [-0.39, 0.29) is 12.1 Å². The second kappa shape index (κ2) is 7.78. The van der Waals surface area contributed by atoms with Gasteiger partial charge < -0.3 is 14.8 Å². The Bertz CT molecular complexity index is 921. The third-order valence-electron chi connectivity index (χ3n) is 5.28. The summed E-state index contributed by atoms with van der Waals surface area (Å²) in [7, 11) is 0. The molecule has 6 heteroatoms. The second-order valence-corrected chi connectivity index (χ2v) is 7.19. The topological polar surface area (TPSA) is 63.1 Å². The highest BCUT2D eigenvalue weighted by Gasteiger charge is 2.26. The van der Waals surface area contributed by atoms with Crippen LogP contribution in [0.15, 0.2) is 49.1 Å². The van der Waals surface area contributed by atoms with Crippen LogP contribution in [0.1, 0.15) is 31.4 Å². The first-order chi connectivity index (χ1) is 13.2. The van der Waals surface area contributed by atoms with Crippen molar-refractivity contribution in [3.05, 3.63) is 54.7 Å². The van der Waals surface area contributed by atoms with E-state index in [9.17, 15) is 4.79 Å². The average Bonchev–Trinajstić information content (AvgIpc) is 3.20. The molecular formula is C21H25N5O. The Kier molecular flexibility index (Phi) is 5.05. The van der Waals surface area contributed by atoms with Crippen molar-refractivity contribution in [2.24, 2.45) is 0 Å². The predicted octanol–water partition coefficient (Wildman–Crippen LogP) is 4.22. The molecule has 140 valence electrons. The van der Waals surface area contributed by atoms with E-state index in [0.717, 1.165) is 54.6 Å². The Morgan fingerprint density at radius 1 is 1.26 bits per heavy atom. The van der Waals surface area contributed by atoms with Gasteiger partial charge in [-0.3, -0.25) is 4.98 Å². The lowest BCUT2D eigenvalue weighted by Gasteiger charge is -2.36. The summed E-state index contributed by atoms with van der Waals surface area (Å²) in [4.78, 5) is 23.7. The molecule has 4 rings (SSSR count). The normalized spacial score (nSPS) is 17.2. The second-order valence-electron chi connectivity index (χ2n) is 7.19. The van der Waals surface area contributed by atoms with Gasteiger partial charge in [0.2, 0.25) is 0 Å². The van der Waals surface area contributed by atoms with Gasteiger partial charge in [0.15, 0.2) is 0 Å². The van der Waals surface area contributed by atoms with Crippen LogP contribution in [0, 0.1) is 6.92 Å². The number of pyridine rings is 1. The third kappa shape index (κ3) is 3.94. The monoisotopic (exact) mass is 363 g/mol. The molecule has 1 atom stereocenters. The van der Waals surface area contributed by atoms with Gasteiger partial charge in [-0.15, -0.1) is 0 Å². The molecule has 1 unspecified atom stereocenters. The van der Waals surface area contributed by atoms with Crippen LogP contribution in [0.3, 0.4) is 0 Å². The summed E-state index contributed by atoms with van der Waals surface area (Å²) in [6.45, 7) is 3.66. The molecule has 0 spiro atoms. The lowest BCUT2D eigenvalue weighted by atomic mass is 9.99. The van der Waals surface area contributed by atoms with Gasteiger partial charge in [-0.1, -0.05) is 6.07 Å². The van der Waals surface area contributed by atoms with Gasteiger partial charge in [0, 0.05) is 42.6 Å². The van der Waals surface area contributed by atoms with Crippen molar-refractivity contribution >= 4 is 22.6 Å². The van der Waals surface area contributed by atoms with Crippen LogP contribution in [0.5, 0.6) is 0 Å². The molecule has 1 fully saturated rings. The summed E-state index contributed by atoms with van der Waals surface area (Å²) in [5.41, 5.74) is 2.70. The number of urea groups is 1. The summed E-state index contributed by atoms with van der Waals surface area (Å²) < 4.78 is 2.07. The minimum Gasteiger partial charge on any atom is -0.337 e. The fourth-order valence-electron chi connectivity index (χ4n) is 3.84. The summed E-state index contributed by atoms with van der Waals surface area (Å²) >= 11 is 0. The van der Waals surface area contributed by atoms with E-state index in [0.29, 0.717) is 0 Å². The number of piperidine rings is 1. The molecule has 1 aliphatic heterocycles. The largest absolute Gasteiger partial charge is 0.337 e. The molecule has 3 aromatic rings. The molecule has 0 saturated carbocycles. The van der Waals surface area contributed by atoms with E-state index in [1.807, 2.05) is 54.7 Å². The van der Waals surface area contributed by atoms with Crippen LogP contribution >= 0.6 is 0 Å². The van der Waals surface area contributed by atoms with Gasteiger partial charge in [0.1, 0.15) is 0 Å². The van der Waals surface area contributed by atoms with Gasteiger partial charge in [0.25, 0.3) is 0 Å². The fourth-order valence-corrected chi connectivity index (χ4v) is 3.84. The number of likely N-dealkylation sites (tertiary alicyclic amines) is 1. The van der Waals surface area contributed by atoms with Crippen molar-refractivity contribution in [1.82, 2.24) is 19.4 Å². The summed E-state index contributed by atoms with van der Waals surface area (Å²) in [5.74, 6) is 0. The molecular weight excluding hydrogens is 338 g/mol. The summed E-state index contributed by atoms with van der Waals surface area (Å²) in [5, 5.41) is 4.10. The molecule has 1 aliphatic rings. The molecule has 0 radical (unpaired) electrons. The summed E-state index contributed by atoms with van der Waals surface area (Å²) in [6, 6.07) is 10.1. The van der Waals surface area contributed by atoms with Crippen LogP contribution in [0.4, 0.5) is 10.5 Å². The van der Waals surface area contributed by atoms with E-state index in [2.05, 4.69) is 19.9 Å². The number of rotatable bonds is 4. The van der Waals surface area contributed by atoms with Crippen molar-refractivity contribution < 1.29 is 4.79 Å². The molecule has 3 heterocycles. The van der Waals surface area contributed by atoms with E-state index >= 15 is 0 Å². The smallest absolute Gasteiger partial charge is 0.322 e. The number of carbonyl (C=O) groups is 1. The molecule has 27 heavy (non-hydrogen) atoms. The SMILES string of the molecule is Cc1ccc2c(NC(=O)N3CCCCC3CCn3ccnc3)cccc2n1. The van der Waals surface area contributed by atoms with Crippen LogP contribution in [0.25, 0.3) is 10.9 Å². The van der Waals surface area contributed by atoms with Gasteiger partial charge in [-0.25, -0.2) is 9.78 Å². The van der Waals surface area contributed by atoms with Crippen LogP contribution in [-0.2, 0) is 6.54 Å². The minimum absolute atomic E-state index is 0.0154. The highest BCUT2D eigenvalue weighted by Crippen LogP contribution is 2.25. The first-order valence-electron chi connectivity index (χ1n) is 9.60. The number of hydrogen-bond acceptors (Lipinski definition) is 3. The number of benzene rings is 1. The quantitative estimate of drug-likeness (QED) is 0.755. The Morgan fingerprint density at radius 2 is 2.19 bits per heavy atom. The fraction of sp³-hybridized carbons (Fsp3) is 0.381. The molecule has 2 aromatic heterocycles. The maximum atomic E-state index is 13.0. The summed E-state index contributed by atoms with van der Waals surface area (Å²) in [6.07, 6.45) is 9.83. The number of nitrogens with zero attached hydrogens (tertiary/aromatic N) is 4. The first kappa shape index (κ1) is 17.5. The van der Waals surface area contributed by atoms with Crippen LogP contribution < -0.4 is 5.32 Å². The molecule has 6 nitrogen and oxygen atoms in total. The molecule has 0 aliphatic carbocycles. The van der Waals surface area contributed by atoms with Gasteiger partial charge in [-0.05, 0) is 56.9 Å². The Hall–Kier alpha value is -2.89. The Labute approximate surface area is 159 Å². The highest BCUT2D eigenvalue weighted by atomic mass is 16.2. The molecule has 1 saturated heterocycles. The van der Waals surface area contributed by atoms with Crippen molar-refractivity contribution in [1.29, 1.82) is 0 Å². The number of carbonyl (C=O) groups excluding carboxylic acids is 1. The van der Waals surface area contributed by atoms with E-state index < -0.39 is 0 Å². The third-order valence-corrected chi connectivity index (χ3v) is 5.28. The number of hydrogen-bond donors (Lipinski definition) is 1. The van der Waals surface area contributed by atoms with Crippen molar-refractivity contribution in [2.75, 3.05) is 11.9 Å². The average molecular weight is 363 g/mol. The van der Waals surface area contributed by atoms with E-state index in [1.54, 1.807) is 6.20 Å². The number of fused-ring (bicyclic) bond motifs is 1. The maximum Gasteiger partial charge on any atom is 0.322 e. The van der Waals surface area contributed by atoms with E-state index in [4.69, 9.17) is 0 Å². The number of nitrogens with one attached hydrogen (secondary N) is 1. The number of aromatic nitrogens is 3. The predicted molar refractivity (Wildman–Crippen MR) is 107 cm³/mol. The van der Waals surface area contributed by atoms with Gasteiger partial charge in [0.05, 0.1) is 17.5 Å². The number of amides is 2. The van der Waals surface area contributed by atoms with Crippen molar-refractivity contribution in [3.8, 4) is 0 Å². The van der Waals surface area contributed by atoms with Crippen LogP contribution in [0.2, 0.25) is 0 Å². The van der Waals surface area contributed by atoms with Crippen molar-refractivity contribution in [3.63, 3.8) is 0 Å². The number of imidazole rings is 1. The standard InChI is InChI=1S/C21H25N5O/c1-16-8-9-18-19(23-16)6-4-7-20(18)24-21(27)26-12-3-2-5-17(26)10-13-25-14-11-22-15-25/h4,6-9,11,14-15,17H,2-3,5,10,12-13H2,1H3,(H,24,27). The minimum atomic E-state index is -0.0154. The highest BCUT2D eigenvalue weighted by molar-refractivity contribution is 6.00. The van der Waals surface area contributed by atoms with Crippen LogP contribution in [-0.4, -0.2) is 38.1 Å². The Balaban J connectivity index is 1.49. The lowest BCUT2D eigenvalue weighted by Crippen LogP contribution is -2.46. The zero-order chi connectivity index (χ0) is 18.6. The molecule has 1 aromatic carbocycles. The van der Waals surface area contributed by atoms with Gasteiger partial charge in [-0.2, -0.15) is 0 Å². The molecule has 2 amide bonds. The number of anilines is 1. The van der Waals surface area contributed by atoms with E-state index in [1.165, 1.54) is 6.42 Å². The molecule has 0 bridgehead atoms. The van der Waals surface area contributed by atoms with Crippen molar-refractivity contribution in [2.45, 2.75) is 45.2 Å². The lowest BCUT2D eigenvalue weighted by molar-refractivity contribution is 0.155.